The number of ether oxygens (including phenoxy) is 2. The van der Waals surface area contributed by atoms with Crippen LogP contribution in [0.5, 0.6) is 11.5 Å². The van der Waals surface area contributed by atoms with Gasteiger partial charge in [0.2, 0.25) is 6.79 Å². The highest BCUT2D eigenvalue weighted by Crippen LogP contribution is 2.35. The molecular formula is C16H17NO2S. The maximum atomic E-state index is 5.50. The number of hydrogen-bond donors (Lipinski definition) is 1. The molecule has 0 bridgehead atoms. The molecule has 1 N–H and O–H groups in total. The molecule has 1 aliphatic rings. The monoisotopic (exact) mass is 287 g/mol. The van der Waals surface area contributed by atoms with Crippen molar-refractivity contribution in [2.45, 2.75) is 18.0 Å². The zero-order valence-electron chi connectivity index (χ0n) is 11.4. The van der Waals surface area contributed by atoms with Crippen LogP contribution in [0.2, 0.25) is 0 Å². The molecule has 20 heavy (non-hydrogen) atoms. The van der Waals surface area contributed by atoms with E-state index < -0.39 is 0 Å². The van der Waals surface area contributed by atoms with E-state index in [0.29, 0.717) is 6.79 Å². The van der Waals surface area contributed by atoms with E-state index in [2.05, 4.69) is 41.9 Å². The van der Waals surface area contributed by atoms with Crippen LogP contribution in [-0.4, -0.2) is 13.0 Å². The van der Waals surface area contributed by atoms with Gasteiger partial charge in [0, 0.05) is 23.5 Å². The van der Waals surface area contributed by atoms with Crippen LogP contribution in [-0.2, 0) is 13.1 Å². The molecule has 0 amide bonds. The molecule has 3 nitrogen and oxygen atoms in total. The highest BCUT2D eigenvalue weighted by Gasteiger charge is 2.16. The second kappa shape index (κ2) is 6.20. The van der Waals surface area contributed by atoms with Gasteiger partial charge in [-0.1, -0.05) is 24.3 Å². The summed E-state index contributed by atoms with van der Waals surface area (Å²) in [4.78, 5) is 1.29. The number of rotatable bonds is 5. The van der Waals surface area contributed by atoms with Crippen LogP contribution < -0.4 is 14.8 Å². The van der Waals surface area contributed by atoms with Gasteiger partial charge in [-0.3, -0.25) is 0 Å². The fraction of sp³-hybridized carbons (Fsp3) is 0.250. The van der Waals surface area contributed by atoms with Gasteiger partial charge in [0.25, 0.3) is 0 Å². The summed E-state index contributed by atoms with van der Waals surface area (Å²) >= 11 is 1.76. The first kappa shape index (κ1) is 13.3. The molecule has 0 aliphatic carbocycles. The number of benzene rings is 2. The van der Waals surface area contributed by atoms with Gasteiger partial charge in [-0.15, -0.1) is 11.8 Å². The maximum absolute atomic E-state index is 5.50. The van der Waals surface area contributed by atoms with Crippen LogP contribution in [0, 0.1) is 0 Å². The van der Waals surface area contributed by atoms with Crippen molar-refractivity contribution < 1.29 is 9.47 Å². The Bertz CT molecular complexity index is 584. The quantitative estimate of drug-likeness (QED) is 0.854. The topological polar surface area (TPSA) is 30.5 Å². The molecule has 0 fully saturated rings. The van der Waals surface area contributed by atoms with Gasteiger partial charge in [0.1, 0.15) is 0 Å². The Morgan fingerprint density at radius 3 is 2.70 bits per heavy atom. The Labute approximate surface area is 123 Å². The van der Waals surface area contributed by atoms with Crippen molar-refractivity contribution >= 4 is 11.8 Å². The molecule has 0 aromatic heterocycles. The molecule has 0 atom stereocenters. The number of fused-ring (bicyclic) bond motifs is 1. The summed E-state index contributed by atoms with van der Waals surface area (Å²) in [5.74, 6) is 1.71. The summed E-state index contributed by atoms with van der Waals surface area (Å²) in [7, 11) is 0. The zero-order valence-corrected chi connectivity index (χ0v) is 12.2. The molecule has 0 saturated carbocycles. The Morgan fingerprint density at radius 2 is 1.90 bits per heavy atom. The minimum atomic E-state index is 0.322. The third kappa shape index (κ3) is 2.92. The van der Waals surface area contributed by atoms with Crippen molar-refractivity contribution in [3.63, 3.8) is 0 Å². The van der Waals surface area contributed by atoms with Crippen molar-refractivity contribution in [2.24, 2.45) is 0 Å². The first-order valence-electron chi connectivity index (χ1n) is 6.58. The molecule has 104 valence electrons. The second-order valence-corrected chi connectivity index (χ2v) is 5.48. The highest BCUT2D eigenvalue weighted by atomic mass is 32.2. The van der Waals surface area contributed by atoms with Crippen LogP contribution in [0.25, 0.3) is 0 Å². The van der Waals surface area contributed by atoms with Gasteiger partial charge in [-0.25, -0.2) is 0 Å². The van der Waals surface area contributed by atoms with E-state index in [1.807, 2.05) is 12.1 Å². The lowest BCUT2D eigenvalue weighted by Crippen LogP contribution is -2.13. The summed E-state index contributed by atoms with van der Waals surface area (Å²) < 4.78 is 10.9. The fourth-order valence-corrected chi connectivity index (χ4v) is 2.62. The first-order valence-corrected chi connectivity index (χ1v) is 7.80. The van der Waals surface area contributed by atoms with Gasteiger partial charge < -0.3 is 14.8 Å². The molecule has 1 heterocycles. The molecule has 1 aliphatic heterocycles. The van der Waals surface area contributed by atoms with Crippen LogP contribution in [0.15, 0.2) is 47.4 Å². The molecule has 2 aromatic rings. The van der Waals surface area contributed by atoms with Gasteiger partial charge in [0.15, 0.2) is 11.5 Å². The van der Waals surface area contributed by atoms with Crippen molar-refractivity contribution in [1.29, 1.82) is 0 Å². The predicted molar refractivity (Wildman–Crippen MR) is 81.3 cm³/mol. The molecular weight excluding hydrogens is 270 g/mol. The van der Waals surface area contributed by atoms with E-state index in [1.54, 1.807) is 11.8 Å². The van der Waals surface area contributed by atoms with E-state index in [1.165, 1.54) is 10.5 Å². The van der Waals surface area contributed by atoms with Gasteiger partial charge in [0.05, 0.1) is 0 Å². The SMILES string of the molecule is CSc1ccc(CNCc2cccc3c2OCO3)cc1. The van der Waals surface area contributed by atoms with E-state index in [9.17, 15) is 0 Å². The molecule has 4 heteroatoms. The van der Waals surface area contributed by atoms with E-state index in [0.717, 1.165) is 30.2 Å². The average molecular weight is 287 g/mol. The molecule has 0 saturated heterocycles. The maximum Gasteiger partial charge on any atom is 0.231 e. The minimum Gasteiger partial charge on any atom is -0.454 e. The average Bonchev–Trinajstić information content (AvgIpc) is 2.97. The van der Waals surface area contributed by atoms with E-state index >= 15 is 0 Å². The van der Waals surface area contributed by atoms with Crippen molar-refractivity contribution in [2.75, 3.05) is 13.0 Å². The van der Waals surface area contributed by atoms with Crippen molar-refractivity contribution in [1.82, 2.24) is 5.32 Å². The minimum absolute atomic E-state index is 0.322. The normalized spacial score (nSPS) is 12.7. The highest BCUT2D eigenvalue weighted by molar-refractivity contribution is 7.98. The Kier molecular flexibility index (Phi) is 4.14. The molecule has 0 radical (unpaired) electrons. The van der Waals surface area contributed by atoms with Crippen LogP contribution in [0.1, 0.15) is 11.1 Å². The van der Waals surface area contributed by atoms with E-state index in [-0.39, 0.29) is 0 Å². The molecule has 2 aromatic carbocycles. The summed E-state index contributed by atoms with van der Waals surface area (Å²) in [5, 5.41) is 3.44. The van der Waals surface area contributed by atoms with Gasteiger partial charge in [-0.05, 0) is 30.0 Å². The standard InChI is InChI=1S/C16H17NO2S/c1-20-14-7-5-12(6-8-14)9-17-10-13-3-2-4-15-16(13)19-11-18-15/h2-8,17H,9-11H2,1H3. The summed E-state index contributed by atoms with van der Waals surface area (Å²) in [6, 6.07) is 14.6. The Balaban J connectivity index is 1.58. The van der Waals surface area contributed by atoms with Crippen molar-refractivity contribution in [3.05, 3.63) is 53.6 Å². The summed E-state index contributed by atoms with van der Waals surface area (Å²) in [5.41, 5.74) is 2.42. The number of nitrogens with one attached hydrogen (secondary N) is 1. The number of thioether (sulfide) groups is 1. The summed E-state index contributed by atoms with van der Waals surface area (Å²) in [6.45, 7) is 1.94. The Hall–Kier alpha value is -1.65. The molecule has 0 unspecified atom stereocenters. The molecule has 0 spiro atoms. The van der Waals surface area contributed by atoms with Crippen LogP contribution in [0.4, 0.5) is 0 Å². The van der Waals surface area contributed by atoms with Gasteiger partial charge >= 0.3 is 0 Å². The number of hydrogen-bond acceptors (Lipinski definition) is 4. The second-order valence-electron chi connectivity index (χ2n) is 4.60. The van der Waals surface area contributed by atoms with Crippen molar-refractivity contribution in [3.8, 4) is 11.5 Å². The fourth-order valence-electron chi connectivity index (χ4n) is 2.21. The first-order chi connectivity index (χ1) is 9.86. The predicted octanol–water partition coefficient (Wildman–Crippen LogP) is 3.43. The smallest absolute Gasteiger partial charge is 0.231 e. The summed E-state index contributed by atoms with van der Waals surface area (Å²) in [6.07, 6.45) is 2.09. The number of para-hydroxylation sites is 1. The van der Waals surface area contributed by atoms with Gasteiger partial charge in [-0.2, -0.15) is 0 Å². The Morgan fingerprint density at radius 1 is 1.05 bits per heavy atom. The zero-order chi connectivity index (χ0) is 13.8. The molecule has 3 rings (SSSR count). The lowest BCUT2D eigenvalue weighted by molar-refractivity contribution is 0.173. The lowest BCUT2D eigenvalue weighted by Gasteiger charge is -2.08. The van der Waals surface area contributed by atoms with E-state index in [4.69, 9.17) is 9.47 Å². The van der Waals surface area contributed by atoms with Crippen LogP contribution in [0.3, 0.4) is 0 Å². The third-order valence-corrected chi connectivity index (χ3v) is 4.03. The largest absolute Gasteiger partial charge is 0.454 e. The third-order valence-electron chi connectivity index (χ3n) is 3.28. The van der Waals surface area contributed by atoms with Crippen LogP contribution >= 0.6 is 11.8 Å². The lowest BCUT2D eigenvalue weighted by atomic mass is 10.1.